The van der Waals surface area contributed by atoms with Gasteiger partial charge < -0.3 is 15.0 Å². The fourth-order valence-corrected chi connectivity index (χ4v) is 3.63. The largest absolute Gasteiger partial charge is 0.492 e. The molecule has 9 heteroatoms. The first-order chi connectivity index (χ1) is 13.3. The molecular formula is C19H21N3O5S. The molecule has 148 valence electrons. The first-order valence-corrected chi connectivity index (χ1v) is 10.3. The van der Waals surface area contributed by atoms with Crippen molar-refractivity contribution in [2.75, 3.05) is 23.4 Å². The van der Waals surface area contributed by atoms with Gasteiger partial charge in [-0.05, 0) is 37.3 Å². The first kappa shape index (κ1) is 19.8. The van der Waals surface area contributed by atoms with Crippen LogP contribution in [0.15, 0.2) is 53.4 Å². The summed E-state index contributed by atoms with van der Waals surface area (Å²) in [5.74, 6) is -0.525. The van der Waals surface area contributed by atoms with Crippen LogP contribution in [0, 0.1) is 5.92 Å². The fraction of sp³-hybridized carbons (Fsp3) is 0.263. The molecule has 1 aliphatic rings. The van der Waals surface area contributed by atoms with Crippen LogP contribution in [0.5, 0.6) is 5.75 Å². The molecular weight excluding hydrogens is 382 g/mol. The molecule has 8 nitrogen and oxygen atoms in total. The highest BCUT2D eigenvalue weighted by Crippen LogP contribution is 2.33. The molecule has 0 bridgehead atoms. The highest BCUT2D eigenvalue weighted by Gasteiger charge is 2.36. The number of benzene rings is 2. The van der Waals surface area contributed by atoms with Gasteiger partial charge in [0, 0.05) is 18.7 Å². The Hall–Kier alpha value is -2.91. The Morgan fingerprint density at radius 3 is 2.71 bits per heavy atom. The molecule has 2 aromatic carbocycles. The first-order valence-electron chi connectivity index (χ1n) is 8.75. The van der Waals surface area contributed by atoms with Gasteiger partial charge in [-0.15, -0.1) is 0 Å². The summed E-state index contributed by atoms with van der Waals surface area (Å²) >= 11 is 0. The lowest BCUT2D eigenvalue weighted by molar-refractivity contribution is -0.122. The summed E-state index contributed by atoms with van der Waals surface area (Å²) < 4.78 is 28.5. The maximum absolute atomic E-state index is 12.6. The van der Waals surface area contributed by atoms with Crippen LogP contribution in [0.3, 0.4) is 0 Å². The average Bonchev–Trinajstić information content (AvgIpc) is 3.04. The standard InChI is InChI=1S/C19H21N3O5S/c1-2-27-17-9-4-3-8-16(17)22-12-13(10-18(22)23)19(24)21-14-6-5-7-15(11-14)28(20,25)26/h3-9,11,13H,2,10,12H2,1H3,(H,21,24)(H2,20,25,26)/t13-/m1/s1. The van der Waals surface area contributed by atoms with Crippen LogP contribution in [0.4, 0.5) is 11.4 Å². The minimum absolute atomic E-state index is 0.0567. The van der Waals surface area contributed by atoms with E-state index in [2.05, 4.69) is 5.32 Å². The number of amides is 2. The molecule has 0 spiro atoms. The van der Waals surface area contributed by atoms with E-state index in [-0.39, 0.29) is 29.7 Å². The number of nitrogens with one attached hydrogen (secondary N) is 1. The number of carbonyl (C=O) groups excluding carboxylic acids is 2. The van der Waals surface area contributed by atoms with E-state index in [1.807, 2.05) is 13.0 Å². The minimum Gasteiger partial charge on any atom is -0.492 e. The van der Waals surface area contributed by atoms with Gasteiger partial charge in [-0.25, -0.2) is 13.6 Å². The summed E-state index contributed by atoms with van der Waals surface area (Å²) in [6.07, 6.45) is 0.0567. The molecule has 0 radical (unpaired) electrons. The third-order valence-electron chi connectivity index (χ3n) is 4.38. The van der Waals surface area contributed by atoms with Crippen LogP contribution in [-0.2, 0) is 19.6 Å². The SMILES string of the molecule is CCOc1ccccc1N1C[C@H](C(=O)Nc2cccc(S(N)(=O)=O)c2)CC1=O. The Morgan fingerprint density at radius 2 is 2.00 bits per heavy atom. The number of hydrogen-bond donors (Lipinski definition) is 2. The zero-order chi connectivity index (χ0) is 20.3. The van der Waals surface area contributed by atoms with Gasteiger partial charge in [0.2, 0.25) is 21.8 Å². The number of ether oxygens (including phenoxy) is 1. The van der Waals surface area contributed by atoms with E-state index in [4.69, 9.17) is 9.88 Å². The second-order valence-electron chi connectivity index (χ2n) is 6.37. The minimum atomic E-state index is -3.87. The summed E-state index contributed by atoms with van der Waals surface area (Å²) in [4.78, 5) is 26.5. The topological polar surface area (TPSA) is 119 Å². The number of para-hydroxylation sites is 2. The van der Waals surface area contributed by atoms with Gasteiger partial charge in [-0.3, -0.25) is 9.59 Å². The van der Waals surface area contributed by atoms with Gasteiger partial charge in [-0.1, -0.05) is 18.2 Å². The van der Waals surface area contributed by atoms with Gasteiger partial charge in [0.1, 0.15) is 5.75 Å². The third-order valence-corrected chi connectivity index (χ3v) is 5.29. The Morgan fingerprint density at radius 1 is 1.25 bits per heavy atom. The number of rotatable bonds is 6. The van der Waals surface area contributed by atoms with Crippen molar-refractivity contribution in [3.05, 3.63) is 48.5 Å². The van der Waals surface area contributed by atoms with Gasteiger partial charge in [0.25, 0.3) is 0 Å². The Kier molecular flexibility index (Phi) is 5.66. The quantitative estimate of drug-likeness (QED) is 0.761. The highest BCUT2D eigenvalue weighted by molar-refractivity contribution is 7.89. The third kappa shape index (κ3) is 4.32. The molecule has 28 heavy (non-hydrogen) atoms. The Labute approximate surface area is 163 Å². The van der Waals surface area contributed by atoms with Gasteiger partial charge in [0.15, 0.2) is 0 Å². The van der Waals surface area contributed by atoms with Crippen LogP contribution in [-0.4, -0.2) is 33.4 Å². The molecule has 1 saturated heterocycles. The summed E-state index contributed by atoms with van der Waals surface area (Å²) in [5, 5.41) is 7.77. The zero-order valence-corrected chi connectivity index (χ0v) is 16.1. The number of carbonyl (C=O) groups is 2. The molecule has 1 heterocycles. The lowest BCUT2D eigenvalue weighted by Gasteiger charge is -2.20. The molecule has 3 rings (SSSR count). The second-order valence-corrected chi connectivity index (χ2v) is 7.93. The summed E-state index contributed by atoms with van der Waals surface area (Å²) in [6, 6.07) is 12.8. The predicted molar refractivity (Wildman–Crippen MR) is 105 cm³/mol. The van der Waals surface area contributed by atoms with Crippen molar-refractivity contribution in [3.63, 3.8) is 0 Å². The van der Waals surface area contributed by atoms with Crippen LogP contribution in [0.1, 0.15) is 13.3 Å². The summed E-state index contributed by atoms with van der Waals surface area (Å²) in [6.45, 7) is 2.53. The monoisotopic (exact) mass is 403 g/mol. The molecule has 1 aliphatic heterocycles. The molecule has 1 fully saturated rings. The fourth-order valence-electron chi connectivity index (χ4n) is 3.07. The number of hydrogen-bond acceptors (Lipinski definition) is 5. The van der Waals surface area contributed by atoms with E-state index < -0.39 is 15.9 Å². The van der Waals surface area contributed by atoms with Crippen LogP contribution >= 0.6 is 0 Å². The highest BCUT2D eigenvalue weighted by atomic mass is 32.2. The maximum Gasteiger partial charge on any atom is 0.238 e. The van der Waals surface area contributed by atoms with E-state index in [0.29, 0.717) is 23.7 Å². The molecule has 0 saturated carbocycles. The average molecular weight is 403 g/mol. The van der Waals surface area contributed by atoms with Crippen molar-refractivity contribution in [2.24, 2.45) is 11.1 Å². The van der Waals surface area contributed by atoms with Gasteiger partial charge in [-0.2, -0.15) is 0 Å². The lowest BCUT2D eigenvalue weighted by atomic mass is 10.1. The van der Waals surface area contributed by atoms with Crippen LogP contribution in [0.2, 0.25) is 0 Å². The number of nitrogens with two attached hydrogens (primary N) is 1. The second kappa shape index (κ2) is 7.99. The van der Waals surface area contributed by atoms with Crippen molar-refractivity contribution >= 4 is 33.2 Å². The van der Waals surface area contributed by atoms with Gasteiger partial charge in [0.05, 0.1) is 23.1 Å². The number of sulfonamides is 1. The predicted octanol–water partition coefficient (Wildman–Crippen LogP) is 1.72. The van der Waals surface area contributed by atoms with E-state index in [0.717, 1.165) is 0 Å². The molecule has 2 aromatic rings. The Balaban J connectivity index is 1.74. The Bertz CT molecular complexity index is 1010. The van der Waals surface area contributed by atoms with Crippen molar-refractivity contribution in [3.8, 4) is 5.75 Å². The number of nitrogens with zero attached hydrogens (tertiary/aromatic N) is 1. The summed E-state index contributed by atoms with van der Waals surface area (Å²) in [5.41, 5.74) is 0.929. The van der Waals surface area contributed by atoms with Crippen LogP contribution < -0.4 is 20.1 Å². The molecule has 0 aromatic heterocycles. The van der Waals surface area contributed by atoms with E-state index in [9.17, 15) is 18.0 Å². The van der Waals surface area contributed by atoms with Crippen molar-refractivity contribution in [1.82, 2.24) is 0 Å². The normalized spacial score (nSPS) is 16.9. The van der Waals surface area contributed by atoms with Crippen molar-refractivity contribution in [1.29, 1.82) is 0 Å². The van der Waals surface area contributed by atoms with Crippen molar-refractivity contribution < 1.29 is 22.7 Å². The van der Waals surface area contributed by atoms with E-state index in [1.165, 1.54) is 23.1 Å². The molecule has 2 amide bonds. The van der Waals surface area contributed by atoms with E-state index in [1.54, 1.807) is 24.3 Å². The van der Waals surface area contributed by atoms with E-state index >= 15 is 0 Å². The van der Waals surface area contributed by atoms with Gasteiger partial charge >= 0.3 is 0 Å². The lowest BCUT2D eigenvalue weighted by Crippen LogP contribution is -2.28. The molecule has 3 N–H and O–H groups in total. The maximum atomic E-state index is 12.6. The summed E-state index contributed by atoms with van der Waals surface area (Å²) in [7, 11) is -3.87. The number of primary sulfonamides is 1. The van der Waals surface area contributed by atoms with Crippen LogP contribution in [0.25, 0.3) is 0 Å². The zero-order valence-electron chi connectivity index (χ0n) is 15.3. The smallest absolute Gasteiger partial charge is 0.238 e. The molecule has 1 atom stereocenters. The molecule has 0 aliphatic carbocycles. The van der Waals surface area contributed by atoms with Crippen molar-refractivity contribution in [2.45, 2.75) is 18.2 Å². The molecule has 0 unspecified atom stereocenters. The number of anilines is 2.